The van der Waals surface area contributed by atoms with E-state index in [1.807, 2.05) is 29.8 Å². The maximum absolute atomic E-state index is 13.8. The summed E-state index contributed by atoms with van der Waals surface area (Å²) in [6, 6.07) is 14.6. The van der Waals surface area contributed by atoms with Crippen molar-refractivity contribution in [3.8, 4) is 0 Å². The maximum Gasteiger partial charge on any atom is 0.243 e. The molecule has 0 saturated carbocycles. The van der Waals surface area contributed by atoms with Gasteiger partial charge in [0.25, 0.3) is 0 Å². The summed E-state index contributed by atoms with van der Waals surface area (Å²) >= 11 is 6.29. The first kappa shape index (κ1) is 28.4. The van der Waals surface area contributed by atoms with Gasteiger partial charge < -0.3 is 14.6 Å². The molecule has 1 aromatic heterocycles. The smallest absolute Gasteiger partial charge is 0.243 e. The lowest BCUT2D eigenvalue weighted by molar-refractivity contribution is -0.123. The van der Waals surface area contributed by atoms with Crippen LogP contribution in [0.3, 0.4) is 0 Å². The number of sulfonamides is 1. The Morgan fingerprint density at radius 1 is 1.07 bits per heavy atom. The molecule has 218 valence electrons. The van der Waals surface area contributed by atoms with Crippen LogP contribution in [0.25, 0.3) is 0 Å². The van der Waals surface area contributed by atoms with Crippen LogP contribution in [0.2, 0.25) is 5.02 Å². The quantitative estimate of drug-likeness (QED) is 0.431. The summed E-state index contributed by atoms with van der Waals surface area (Å²) in [5.74, 6) is -0.151. The topological polar surface area (TPSA) is 83.9 Å². The zero-order valence-electron chi connectivity index (χ0n) is 23.4. The minimum Gasteiger partial charge on any atom is -0.379 e. The predicted octanol–water partition coefficient (Wildman–Crippen LogP) is 4.61. The Bertz CT molecular complexity index is 1530. The number of carbonyl (C=O) groups excluding carboxylic acids is 1. The molecule has 6 rings (SSSR count). The molecule has 8 nitrogen and oxygen atoms in total. The Morgan fingerprint density at radius 3 is 2.71 bits per heavy atom. The number of aromatic nitrogens is 1. The molecule has 3 aliphatic rings. The van der Waals surface area contributed by atoms with Crippen molar-refractivity contribution in [3.63, 3.8) is 0 Å². The average Bonchev–Trinajstić information content (AvgIpc) is 3.45. The Labute approximate surface area is 247 Å². The van der Waals surface area contributed by atoms with Gasteiger partial charge in [0.05, 0.1) is 30.2 Å². The van der Waals surface area contributed by atoms with E-state index in [0.717, 1.165) is 63.4 Å². The lowest BCUT2D eigenvalue weighted by atomic mass is 9.86. The number of morpholine rings is 1. The first-order valence-corrected chi connectivity index (χ1v) is 16.3. The molecule has 0 spiro atoms. The fraction of sp³-hybridized carbons (Fsp3) is 0.452. The molecule has 0 bridgehead atoms. The molecule has 1 amide bonds. The van der Waals surface area contributed by atoms with Crippen molar-refractivity contribution in [1.29, 1.82) is 0 Å². The number of amides is 1. The Kier molecular flexibility index (Phi) is 8.25. The first-order valence-electron chi connectivity index (χ1n) is 14.4. The van der Waals surface area contributed by atoms with Crippen molar-refractivity contribution in [1.82, 2.24) is 19.1 Å². The fourth-order valence-electron chi connectivity index (χ4n) is 6.37. The number of fused-ring (bicyclic) bond motifs is 2. The van der Waals surface area contributed by atoms with Gasteiger partial charge in [0, 0.05) is 56.1 Å². The van der Waals surface area contributed by atoms with Crippen molar-refractivity contribution in [2.24, 2.45) is 0 Å². The van der Waals surface area contributed by atoms with Gasteiger partial charge in [-0.1, -0.05) is 35.9 Å². The Hall–Kier alpha value is -2.69. The normalized spacial score (nSPS) is 21.7. The second-order valence-corrected chi connectivity index (χ2v) is 13.6. The molecule has 3 aromatic rings. The molecule has 2 aromatic carbocycles. The third-order valence-electron chi connectivity index (χ3n) is 8.61. The maximum atomic E-state index is 13.8. The number of aryl methyl sites for hydroxylation is 2. The van der Waals surface area contributed by atoms with E-state index in [9.17, 15) is 13.2 Å². The lowest BCUT2D eigenvalue weighted by Gasteiger charge is -2.36. The SMILES string of the molecule is Cc1ccc(S(=O)(=O)N2CCn3cccc3C2CC(=O)NC2CCCc3cc(CN4CCOCC4)ccc32)cc1Cl. The summed E-state index contributed by atoms with van der Waals surface area (Å²) in [4.78, 5) is 16.1. The molecule has 1 fully saturated rings. The van der Waals surface area contributed by atoms with Gasteiger partial charge in [0.2, 0.25) is 15.9 Å². The monoisotopic (exact) mass is 596 g/mol. The van der Waals surface area contributed by atoms with Gasteiger partial charge in [-0.3, -0.25) is 9.69 Å². The number of ether oxygens (including phenoxy) is 1. The molecule has 0 radical (unpaired) electrons. The summed E-state index contributed by atoms with van der Waals surface area (Å²) in [6.45, 7) is 7.02. The van der Waals surface area contributed by atoms with Gasteiger partial charge in [0.15, 0.2) is 0 Å². The van der Waals surface area contributed by atoms with Crippen LogP contribution in [0.1, 0.15) is 59.3 Å². The van der Waals surface area contributed by atoms with E-state index in [1.165, 1.54) is 27.1 Å². The van der Waals surface area contributed by atoms with Crippen molar-refractivity contribution in [3.05, 3.63) is 87.7 Å². The molecular formula is C31H37ClN4O4S. The fourth-order valence-corrected chi connectivity index (χ4v) is 8.23. The van der Waals surface area contributed by atoms with Gasteiger partial charge in [-0.25, -0.2) is 8.42 Å². The molecule has 3 heterocycles. The number of hydrogen-bond donors (Lipinski definition) is 1. The number of nitrogens with one attached hydrogen (secondary N) is 1. The van der Waals surface area contributed by atoms with Gasteiger partial charge in [-0.05, 0) is 72.7 Å². The van der Waals surface area contributed by atoms with Crippen LogP contribution < -0.4 is 5.32 Å². The standard InChI is InChI=1S/C31H37ClN4O4S/c1-22-7-9-25(19-27(22)32)41(38,39)36-13-12-35-11-3-6-29(35)30(36)20-31(37)33-28-5-2-4-24-18-23(8-10-26(24)28)21-34-14-16-40-17-15-34/h3,6-11,18-19,28,30H,2,4-5,12-17,20-21H2,1H3,(H,33,37). The summed E-state index contributed by atoms with van der Waals surface area (Å²) in [7, 11) is -3.87. The second kappa shape index (κ2) is 11.9. The number of nitrogens with zero attached hydrogens (tertiary/aromatic N) is 3. The second-order valence-electron chi connectivity index (χ2n) is 11.3. The van der Waals surface area contributed by atoms with E-state index in [1.54, 1.807) is 12.1 Å². The molecule has 2 aliphatic heterocycles. The first-order chi connectivity index (χ1) is 19.8. The molecule has 1 N–H and O–H groups in total. The lowest BCUT2D eigenvalue weighted by Crippen LogP contribution is -2.44. The van der Waals surface area contributed by atoms with E-state index in [0.29, 0.717) is 11.6 Å². The van der Waals surface area contributed by atoms with Crippen LogP contribution in [-0.4, -0.2) is 60.9 Å². The van der Waals surface area contributed by atoms with E-state index in [4.69, 9.17) is 16.3 Å². The highest BCUT2D eigenvalue weighted by atomic mass is 35.5. The number of rotatable bonds is 7. The number of halogens is 1. The van der Waals surface area contributed by atoms with Gasteiger partial charge in [-0.15, -0.1) is 0 Å². The number of benzene rings is 2. The van der Waals surface area contributed by atoms with Gasteiger partial charge in [-0.2, -0.15) is 4.31 Å². The summed E-state index contributed by atoms with van der Waals surface area (Å²) in [6.07, 6.45) is 4.86. The minimum absolute atomic E-state index is 0.0454. The third-order valence-corrected chi connectivity index (χ3v) is 10.9. The van der Waals surface area contributed by atoms with Crippen molar-refractivity contribution >= 4 is 27.5 Å². The summed E-state index contributed by atoms with van der Waals surface area (Å²) in [5, 5.41) is 3.66. The summed E-state index contributed by atoms with van der Waals surface area (Å²) in [5.41, 5.74) is 5.39. The van der Waals surface area contributed by atoms with Crippen LogP contribution in [0.15, 0.2) is 59.6 Å². The highest BCUT2D eigenvalue weighted by molar-refractivity contribution is 7.89. The molecule has 1 aliphatic carbocycles. The molecular weight excluding hydrogens is 560 g/mol. The van der Waals surface area contributed by atoms with Crippen LogP contribution in [0.5, 0.6) is 0 Å². The number of carbonyl (C=O) groups is 1. The predicted molar refractivity (Wildman–Crippen MR) is 158 cm³/mol. The Morgan fingerprint density at radius 2 is 1.90 bits per heavy atom. The van der Waals surface area contributed by atoms with Crippen LogP contribution in [-0.2, 0) is 39.1 Å². The zero-order chi connectivity index (χ0) is 28.6. The van der Waals surface area contributed by atoms with Crippen molar-refractivity contribution < 1.29 is 17.9 Å². The third kappa shape index (κ3) is 5.96. The minimum atomic E-state index is -3.87. The zero-order valence-corrected chi connectivity index (χ0v) is 25.0. The number of hydrogen-bond acceptors (Lipinski definition) is 5. The van der Waals surface area contributed by atoms with E-state index < -0.39 is 16.1 Å². The van der Waals surface area contributed by atoms with Crippen LogP contribution in [0.4, 0.5) is 0 Å². The molecule has 10 heteroatoms. The van der Waals surface area contributed by atoms with Crippen LogP contribution in [0, 0.1) is 6.92 Å². The van der Waals surface area contributed by atoms with E-state index >= 15 is 0 Å². The highest BCUT2D eigenvalue weighted by Crippen LogP contribution is 2.36. The average molecular weight is 597 g/mol. The highest BCUT2D eigenvalue weighted by Gasteiger charge is 2.38. The largest absolute Gasteiger partial charge is 0.379 e. The van der Waals surface area contributed by atoms with Gasteiger partial charge in [0.1, 0.15) is 0 Å². The van der Waals surface area contributed by atoms with Crippen LogP contribution >= 0.6 is 11.6 Å². The molecule has 2 atom stereocenters. The summed E-state index contributed by atoms with van der Waals surface area (Å²) < 4.78 is 36.6. The van der Waals surface area contributed by atoms with Gasteiger partial charge >= 0.3 is 0 Å². The molecule has 2 unspecified atom stereocenters. The van der Waals surface area contributed by atoms with E-state index in [-0.39, 0.29) is 29.8 Å². The molecule has 41 heavy (non-hydrogen) atoms. The van der Waals surface area contributed by atoms with E-state index in [2.05, 4.69) is 28.4 Å². The molecule has 1 saturated heterocycles. The van der Waals surface area contributed by atoms with Crippen molar-refractivity contribution in [2.75, 3.05) is 32.8 Å². The Balaban J connectivity index is 1.20. The van der Waals surface area contributed by atoms with Crippen molar-refractivity contribution in [2.45, 2.75) is 62.7 Å².